The van der Waals surface area contributed by atoms with E-state index in [9.17, 15) is 9.59 Å². The Kier molecular flexibility index (Phi) is 5.68. The predicted octanol–water partition coefficient (Wildman–Crippen LogP) is 4.85. The van der Waals surface area contributed by atoms with Crippen molar-refractivity contribution in [3.8, 4) is 5.75 Å². The lowest BCUT2D eigenvalue weighted by Gasteiger charge is -2.16. The van der Waals surface area contributed by atoms with Crippen LogP contribution in [0.25, 0.3) is 5.57 Å². The molecule has 0 radical (unpaired) electrons. The molecule has 3 aromatic rings. The number of benzene rings is 2. The number of aryl methyl sites for hydroxylation is 1. The fourth-order valence-corrected chi connectivity index (χ4v) is 4.12. The minimum Gasteiger partial charge on any atom is -0.492 e. The number of carbonyl (C=O) groups is 2. The van der Waals surface area contributed by atoms with Crippen LogP contribution >= 0.6 is 11.3 Å². The van der Waals surface area contributed by atoms with Gasteiger partial charge in [-0.15, -0.1) is 11.3 Å². The van der Waals surface area contributed by atoms with E-state index >= 15 is 0 Å². The molecule has 30 heavy (non-hydrogen) atoms. The van der Waals surface area contributed by atoms with E-state index in [-0.39, 0.29) is 24.1 Å². The topological polar surface area (TPSA) is 58.6 Å². The standard InChI is InChI=1S/C24H22N2O3S/c1-3-29-19-8-5-4-7-18(19)25-22-21(20-9-6-14-30-20)23(27)26(24(22)28)15-17-12-10-16(2)11-13-17/h4-14,25H,3,15H2,1-2H3. The first kappa shape index (κ1) is 19.9. The van der Waals surface area contributed by atoms with Crippen molar-refractivity contribution < 1.29 is 14.3 Å². The SMILES string of the molecule is CCOc1ccccc1NC1=C(c2cccs2)C(=O)N(Cc2ccc(C)cc2)C1=O. The lowest BCUT2D eigenvalue weighted by molar-refractivity contribution is -0.137. The Hall–Kier alpha value is -3.38. The van der Waals surface area contributed by atoms with E-state index in [1.807, 2.05) is 79.9 Å². The summed E-state index contributed by atoms with van der Waals surface area (Å²) >= 11 is 1.44. The van der Waals surface area contributed by atoms with Gasteiger partial charge in [0.05, 0.1) is 24.4 Å². The molecule has 0 atom stereocenters. The number of hydrogen-bond acceptors (Lipinski definition) is 5. The van der Waals surface area contributed by atoms with Gasteiger partial charge in [0.25, 0.3) is 11.8 Å². The first-order chi connectivity index (χ1) is 14.6. The maximum atomic E-state index is 13.3. The molecule has 0 aliphatic carbocycles. The van der Waals surface area contributed by atoms with Crippen LogP contribution in [0.5, 0.6) is 5.75 Å². The molecule has 0 spiro atoms. The number of anilines is 1. The number of ether oxygens (including phenoxy) is 1. The summed E-state index contributed by atoms with van der Waals surface area (Å²) in [6.45, 7) is 4.64. The van der Waals surface area contributed by atoms with Crippen LogP contribution in [0.4, 0.5) is 5.69 Å². The molecule has 0 saturated carbocycles. The van der Waals surface area contributed by atoms with Gasteiger partial charge in [0.1, 0.15) is 11.4 Å². The summed E-state index contributed by atoms with van der Waals surface area (Å²) in [5.41, 5.74) is 3.37. The number of rotatable bonds is 7. The highest BCUT2D eigenvalue weighted by Gasteiger charge is 2.39. The summed E-state index contributed by atoms with van der Waals surface area (Å²) in [5, 5.41) is 5.08. The molecule has 2 aromatic carbocycles. The second kappa shape index (κ2) is 8.55. The molecule has 0 unspecified atom stereocenters. The van der Waals surface area contributed by atoms with Crippen molar-refractivity contribution in [2.24, 2.45) is 0 Å². The van der Waals surface area contributed by atoms with E-state index < -0.39 is 0 Å². The molecular weight excluding hydrogens is 396 g/mol. The third kappa shape index (κ3) is 3.86. The molecule has 2 amide bonds. The molecule has 1 aliphatic heterocycles. The summed E-state index contributed by atoms with van der Waals surface area (Å²) in [6, 6.07) is 19.0. The number of nitrogens with zero attached hydrogens (tertiary/aromatic N) is 1. The molecule has 0 bridgehead atoms. The van der Waals surface area contributed by atoms with Gasteiger partial charge in [-0.25, -0.2) is 0 Å². The molecule has 1 aliphatic rings. The first-order valence-corrected chi connectivity index (χ1v) is 10.6. The van der Waals surface area contributed by atoms with Gasteiger partial charge in [-0.1, -0.05) is 48.0 Å². The molecular formula is C24H22N2O3S. The van der Waals surface area contributed by atoms with Gasteiger partial charge in [-0.3, -0.25) is 14.5 Å². The van der Waals surface area contributed by atoms with Gasteiger partial charge in [-0.05, 0) is 43.0 Å². The molecule has 0 fully saturated rings. The lowest BCUT2D eigenvalue weighted by atomic mass is 10.1. The molecule has 2 heterocycles. The third-order valence-corrected chi connectivity index (χ3v) is 5.73. The molecule has 0 saturated heterocycles. The van der Waals surface area contributed by atoms with Crippen LogP contribution < -0.4 is 10.1 Å². The van der Waals surface area contributed by atoms with E-state index in [4.69, 9.17) is 4.74 Å². The molecule has 4 rings (SSSR count). The van der Waals surface area contributed by atoms with Gasteiger partial charge in [0.15, 0.2) is 0 Å². The Balaban J connectivity index is 1.71. The number of hydrogen-bond donors (Lipinski definition) is 1. The molecule has 152 valence electrons. The maximum absolute atomic E-state index is 13.3. The Morgan fingerprint density at radius 3 is 2.43 bits per heavy atom. The Morgan fingerprint density at radius 1 is 0.967 bits per heavy atom. The number of para-hydroxylation sites is 2. The minimum atomic E-state index is -0.338. The second-order valence-electron chi connectivity index (χ2n) is 6.96. The van der Waals surface area contributed by atoms with Gasteiger partial charge in [0, 0.05) is 4.88 Å². The number of carbonyl (C=O) groups excluding carboxylic acids is 2. The molecule has 1 aromatic heterocycles. The highest BCUT2D eigenvalue weighted by Crippen LogP contribution is 2.35. The van der Waals surface area contributed by atoms with E-state index in [0.717, 1.165) is 16.0 Å². The minimum absolute atomic E-state index is 0.227. The fraction of sp³-hybridized carbons (Fsp3) is 0.167. The largest absolute Gasteiger partial charge is 0.492 e. The van der Waals surface area contributed by atoms with Crippen LogP contribution in [0.3, 0.4) is 0 Å². The average molecular weight is 419 g/mol. The van der Waals surface area contributed by atoms with E-state index in [1.54, 1.807) is 0 Å². The molecule has 6 heteroatoms. The van der Waals surface area contributed by atoms with E-state index in [1.165, 1.54) is 16.2 Å². The summed E-state index contributed by atoms with van der Waals surface area (Å²) in [4.78, 5) is 28.7. The maximum Gasteiger partial charge on any atom is 0.278 e. The van der Waals surface area contributed by atoms with Crippen molar-refractivity contribution in [2.75, 3.05) is 11.9 Å². The second-order valence-corrected chi connectivity index (χ2v) is 7.91. The Labute approximate surface area is 179 Å². The van der Waals surface area contributed by atoms with Crippen molar-refractivity contribution in [1.82, 2.24) is 4.90 Å². The zero-order chi connectivity index (χ0) is 21.1. The van der Waals surface area contributed by atoms with Crippen molar-refractivity contribution in [3.05, 3.63) is 87.7 Å². The van der Waals surface area contributed by atoms with Gasteiger partial charge in [0.2, 0.25) is 0 Å². The smallest absolute Gasteiger partial charge is 0.278 e. The van der Waals surface area contributed by atoms with Crippen molar-refractivity contribution in [2.45, 2.75) is 20.4 Å². The van der Waals surface area contributed by atoms with Crippen LogP contribution in [0, 0.1) is 6.92 Å². The quantitative estimate of drug-likeness (QED) is 0.558. The highest BCUT2D eigenvalue weighted by atomic mass is 32.1. The van der Waals surface area contributed by atoms with E-state index in [0.29, 0.717) is 23.6 Å². The molecule has 1 N–H and O–H groups in total. The Morgan fingerprint density at radius 2 is 1.73 bits per heavy atom. The van der Waals surface area contributed by atoms with Crippen LogP contribution in [-0.2, 0) is 16.1 Å². The Bertz CT molecular complexity index is 1100. The first-order valence-electron chi connectivity index (χ1n) is 9.77. The van der Waals surface area contributed by atoms with Crippen LogP contribution in [-0.4, -0.2) is 23.3 Å². The van der Waals surface area contributed by atoms with Gasteiger partial charge >= 0.3 is 0 Å². The predicted molar refractivity (Wildman–Crippen MR) is 119 cm³/mol. The number of imide groups is 1. The molecule has 5 nitrogen and oxygen atoms in total. The zero-order valence-electron chi connectivity index (χ0n) is 16.8. The summed E-state index contributed by atoms with van der Waals surface area (Å²) < 4.78 is 5.68. The van der Waals surface area contributed by atoms with Gasteiger partial charge < -0.3 is 10.1 Å². The summed E-state index contributed by atoms with van der Waals surface area (Å²) in [7, 11) is 0. The van der Waals surface area contributed by atoms with Crippen molar-refractivity contribution in [1.29, 1.82) is 0 Å². The average Bonchev–Trinajstić information content (AvgIpc) is 3.34. The van der Waals surface area contributed by atoms with Crippen LogP contribution in [0.2, 0.25) is 0 Å². The van der Waals surface area contributed by atoms with Crippen molar-refractivity contribution in [3.63, 3.8) is 0 Å². The summed E-state index contributed by atoms with van der Waals surface area (Å²) in [5.74, 6) is 0.00459. The highest BCUT2D eigenvalue weighted by molar-refractivity contribution is 7.11. The van der Waals surface area contributed by atoms with Crippen molar-refractivity contribution >= 4 is 34.4 Å². The zero-order valence-corrected chi connectivity index (χ0v) is 17.7. The normalized spacial score (nSPS) is 13.9. The van der Waals surface area contributed by atoms with E-state index in [2.05, 4.69) is 5.32 Å². The fourth-order valence-electron chi connectivity index (χ4n) is 3.35. The van der Waals surface area contributed by atoms with Crippen LogP contribution in [0.1, 0.15) is 22.9 Å². The number of amides is 2. The lowest BCUT2D eigenvalue weighted by Crippen LogP contribution is -2.32. The van der Waals surface area contributed by atoms with Gasteiger partial charge in [-0.2, -0.15) is 0 Å². The number of thiophene rings is 1. The monoisotopic (exact) mass is 418 g/mol. The summed E-state index contributed by atoms with van der Waals surface area (Å²) in [6.07, 6.45) is 0. The third-order valence-electron chi connectivity index (χ3n) is 4.84. The number of nitrogens with one attached hydrogen (secondary N) is 1. The van der Waals surface area contributed by atoms with Crippen LogP contribution in [0.15, 0.2) is 71.7 Å².